The van der Waals surface area contributed by atoms with E-state index in [1.165, 1.54) is 11.8 Å². The Morgan fingerprint density at radius 2 is 2.04 bits per heavy atom. The van der Waals surface area contributed by atoms with E-state index < -0.39 is 0 Å². The fraction of sp³-hybridized carbons (Fsp3) is 0.167. The highest BCUT2D eigenvalue weighted by Gasteiger charge is 2.04. The van der Waals surface area contributed by atoms with Crippen LogP contribution in [-0.4, -0.2) is 30.4 Å². The summed E-state index contributed by atoms with van der Waals surface area (Å²) in [4.78, 5) is 5.08. The molecule has 0 heterocycles. The third-order valence-electron chi connectivity index (χ3n) is 3.31. The van der Waals surface area contributed by atoms with E-state index in [4.69, 9.17) is 5.41 Å². The smallest absolute Gasteiger partial charge is 0.123 e. The van der Waals surface area contributed by atoms with Crippen LogP contribution in [0.1, 0.15) is 16.7 Å². The SMILES string of the molecule is CS/C(=N\NC=NCCc1ccccc1)c1ccc(C=N)c(S)c1. The standard InChI is InChI=1S/C18H20N4S2/c1-24-18(15-7-8-16(12-19)17(23)11-15)22-21-13-20-10-9-14-5-3-2-4-6-14/h2-8,11-13,19,23H,9-10H2,1H3,(H,20,21)/b19-12?,22-18-. The number of hydrogen-bond acceptors (Lipinski definition) is 5. The third-order valence-corrected chi connectivity index (χ3v) is 4.41. The number of thioether (sulfide) groups is 1. The summed E-state index contributed by atoms with van der Waals surface area (Å²) in [6.45, 7) is 0.718. The first-order valence-electron chi connectivity index (χ1n) is 7.48. The lowest BCUT2D eigenvalue weighted by molar-refractivity contribution is 0.950. The number of aliphatic imine (C=N–C) groups is 1. The number of nitrogens with zero attached hydrogens (tertiary/aromatic N) is 2. The van der Waals surface area contributed by atoms with Gasteiger partial charge in [0, 0.05) is 28.8 Å². The van der Waals surface area contributed by atoms with Crippen LogP contribution in [0, 0.1) is 5.41 Å². The van der Waals surface area contributed by atoms with Crippen molar-refractivity contribution in [3.63, 3.8) is 0 Å². The summed E-state index contributed by atoms with van der Waals surface area (Å²) >= 11 is 5.93. The van der Waals surface area contributed by atoms with Crippen molar-refractivity contribution < 1.29 is 0 Å². The van der Waals surface area contributed by atoms with E-state index in [0.29, 0.717) is 0 Å². The maximum Gasteiger partial charge on any atom is 0.123 e. The maximum absolute atomic E-state index is 7.31. The van der Waals surface area contributed by atoms with Gasteiger partial charge in [0.1, 0.15) is 11.4 Å². The fourth-order valence-electron chi connectivity index (χ4n) is 2.06. The molecule has 0 saturated carbocycles. The molecule has 0 atom stereocenters. The Morgan fingerprint density at radius 1 is 1.25 bits per heavy atom. The Hall–Kier alpha value is -2.05. The monoisotopic (exact) mass is 356 g/mol. The summed E-state index contributed by atoms with van der Waals surface area (Å²) < 4.78 is 0. The molecule has 0 amide bonds. The van der Waals surface area contributed by atoms with Gasteiger partial charge in [-0.25, -0.2) is 0 Å². The zero-order valence-electron chi connectivity index (χ0n) is 13.4. The molecule has 0 saturated heterocycles. The van der Waals surface area contributed by atoms with Gasteiger partial charge in [-0.2, -0.15) is 5.10 Å². The van der Waals surface area contributed by atoms with Crippen LogP contribution in [0.15, 0.2) is 63.5 Å². The van der Waals surface area contributed by atoms with Crippen LogP contribution in [0.4, 0.5) is 0 Å². The third kappa shape index (κ3) is 5.54. The van der Waals surface area contributed by atoms with Crippen molar-refractivity contribution in [2.24, 2.45) is 10.1 Å². The molecule has 124 valence electrons. The second-order valence-corrected chi connectivity index (χ2v) is 6.22. The van der Waals surface area contributed by atoms with E-state index in [9.17, 15) is 0 Å². The average Bonchev–Trinajstić information content (AvgIpc) is 2.62. The van der Waals surface area contributed by atoms with Gasteiger partial charge in [0.15, 0.2) is 0 Å². The predicted octanol–water partition coefficient (Wildman–Crippen LogP) is 3.86. The Labute approximate surface area is 152 Å². The Bertz CT molecular complexity index is 727. The van der Waals surface area contributed by atoms with Gasteiger partial charge in [-0.05, 0) is 24.3 Å². The summed E-state index contributed by atoms with van der Waals surface area (Å²) in [6.07, 6.45) is 5.79. The highest BCUT2D eigenvalue weighted by molar-refractivity contribution is 8.13. The molecule has 2 aromatic rings. The predicted molar refractivity (Wildman–Crippen MR) is 108 cm³/mol. The van der Waals surface area contributed by atoms with Crippen LogP contribution in [-0.2, 0) is 6.42 Å². The Morgan fingerprint density at radius 3 is 2.71 bits per heavy atom. The van der Waals surface area contributed by atoms with E-state index in [1.54, 1.807) is 18.1 Å². The first kappa shape index (κ1) is 18.3. The van der Waals surface area contributed by atoms with E-state index in [1.807, 2.05) is 42.7 Å². The topological polar surface area (TPSA) is 60.6 Å². The van der Waals surface area contributed by atoms with Crippen molar-refractivity contribution in [1.29, 1.82) is 5.41 Å². The molecular weight excluding hydrogens is 336 g/mol. The van der Waals surface area contributed by atoms with Crippen LogP contribution in [0.3, 0.4) is 0 Å². The number of hydrogen-bond donors (Lipinski definition) is 3. The van der Waals surface area contributed by atoms with E-state index in [0.717, 1.165) is 34.0 Å². The zero-order chi connectivity index (χ0) is 17.2. The molecule has 6 heteroatoms. The number of hydrazone groups is 1. The molecule has 0 aromatic heterocycles. The van der Waals surface area contributed by atoms with Crippen LogP contribution >= 0.6 is 24.4 Å². The lowest BCUT2D eigenvalue weighted by Gasteiger charge is -2.06. The van der Waals surface area contributed by atoms with Crippen LogP contribution < -0.4 is 5.43 Å². The number of rotatable bonds is 7. The molecular formula is C18H20N4S2. The van der Waals surface area contributed by atoms with Gasteiger partial charge in [0.05, 0.1) is 0 Å². The van der Waals surface area contributed by atoms with Gasteiger partial charge in [-0.3, -0.25) is 10.4 Å². The highest BCUT2D eigenvalue weighted by atomic mass is 32.2. The molecule has 0 aliphatic heterocycles. The lowest BCUT2D eigenvalue weighted by atomic mass is 10.1. The van der Waals surface area contributed by atoms with Crippen molar-refractivity contribution in [3.05, 3.63) is 65.2 Å². The van der Waals surface area contributed by atoms with Crippen molar-refractivity contribution in [2.45, 2.75) is 11.3 Å². The molecule has 24 heavy (non-hydrogen) atoms. The zero-order valence-corrected chi connectivity index (χ0v) is 15.1. The maximum atomic E-state index is 7.31. The summed E-state index contributed by atoms with van der Waals surface area (Å²) in [6, 6.07) is 16.0. The van der Waals surface area contributed by atoms with Gasteiger partial charge in [-0.15, -0.1) is 24.4 Å². The minimum atomic E-state index is 0.718. The number of nitrogens with one attached hydrogen (secondary N) is 2. The van der Waals surface area contributed by atoms with E-state index >= 15 is 0 Å². The second-order valence-electron chi connectivity index (χ2n) is 4.94. The normalized spacial score (nSPS) is 11.7. The Kier molecular flexibility index (Phi) is 7.58. The largest absolute Gasteiger partial charge is 0.308 e. The number of benzene rings is 2. The first-order chi connectivity index (χ1) is 11.7. The molecule has 2 aromatic carbocycles. The van der Waals surface area contributed by atoms with Crippen molar-refractivity contribution in [3.8, 4) is 0 Å². The summed E-state index contributed by atoms with van der Waals surface area (Å²) in [5.74, 6) is 0. The molecule has 0 aliphatic carbocycles. The molecule has 0 fully saturated rings. The van der Waals surface area contributed by atoms with Gasteiger partial charge in [-0.1, -0.05) is 42.5 Å². The molecule has 2 rings (SSSR count). The van der Waals surface area contributed by atoms with Gasteiger partial charge >= 0.3 is 0 Å². The number of thiol groups is 1. The van der Waals surface area contributed by atoms with Gasteiger partial charge in [0.25, 0.3) is 0 Å². The molecule has 0 radical (unpaired) electrons. The quantitative estimate of drug-likeness (QED) is 0.305. The minimum Gasteiger partial charge on any atom is -0.308 e. The minimum absolute atomic E-state index is 0.718. The summed E-state index contributed by atoms with van der Waals surface area (Å²) in [5, 5.41) is 12.5. The molecule has 0 spiro atoms. The summed E-state index contributed by atoms with van der Waals surface area (Å²) in [5.41, 5.74) is 5.90. The lowest BCUT2D eigenvalue weighted by Crippen LogP contribution is -2.08. The van der Waals surface area contributed by atoms with Crippen molar-refractivity contribution in [1.82, 2.24) is 5.43 Å². The highest BCUT2D eigenvalue weighted by Crippen LogP contribution is 2.18. The van der Waals surface area contributed by atoms with E-state index in [2.05, 4.69) is 40.3 Å². The first-order valence-corrected chi connectivity index (χ1v) is 9.15. The van der Waals surface area contributed by atoms with Crippen molar-refractivity contribution >= 4 is 42.0 Å². The average molecular weight is 357 g/mol. The summed E-state index contributed by atoms with van der Waals surface area (Å²) in [7, 11) is 0. The fourth-order valence-corrected chi connectivity index (χ4v) is 2.84. The second kappa shape index (κ2) is 9.95. The van der Waals surface area contributed by atoms with Gasteiger partial charge in [0.2, 0.25) is 0 Å². The van der Waals surface area contributed by atoms with Crippen LogP contribution in [0.5, 0.6) is 0 Å². The molecule has 4 nitrogen and oxygen atoms in total. The van der Waals surface area contributed by atoms with Crippen molar-refractivity contribution in [2.75, 3.05) is 12.8 Å². The molecule has 0 unspecified atom stereocenters. The molecule has 0 bridgehead atoms. The van der Waals surface area contributed by atoms with Crippen LogP contribution in [0.25, 0.3) is 0 Å². The molecule has 2 N–H and O–H groups in total. The Balaban J connectivity index is 1.90. The molecule has 0 aliphatic rings. The van der Waals surface area contributed by atoms with Gasteiger partial charge < -0.3 is 5.41 Å². The van der Waals surface area contributed by atoms with E-state index in [-0.39, 0.29) is 0 Å². The van der Waals surface area contributed by atoms with Crippen LogP contribution in [0.2, 0.25) is 0 Å².